The van der Waals surface area contributed by atoms with E-state index in [9.17, 15) is 9.59 Å². The Labute approximate surface area is 111 Å². The van der Waals surface area contributed by atoms with Crippen LogP contribution in [0.2, 0.25) is 0 Å². The molecule has 3 aliphatic rings. The molecule has 2 saturated carbocycles. The molecule has 0 unspecified atom stereocenters. The summed E-state index contributed by atoms with van der Waals surface area (Å²) in [6, 6.07) is 7.66. The van der Waals surface area contributed by atoms with Gasteiger partial charge in [-0.25, -0.2) is 0 Å². The van der Waals surface area contributed by atoms with Gasteiger partial charge in [-0.15, -0.1) is 0 Å². The van der Waals surface area contributed by atoms with Gasteiger partial charge in [0.2, 0.25) is 0 Å². The van der Waals surface area contributed by atoms with Gasteiger partial charge in [0.1, 0.15) is 6.10 Å². The normalized spacial score (nSPS) is 38.6. The summed E-state index contributed by atoms with van der Waals surface area (Å²) < 4.78 is 5.38. The fraction of sp³-hybridized carbons (Fsp3) is 0.500. The van der Waals surface area contributed by atoms with Crippen molar-refractivity contribution in [1.82, 2.24) is 0 Å². The van der Waals surface area contributed by atoms with Gasteiger partial charge in [-0.3, -0.25) is 9.59 Å². The second-order valence-electron chi connectivity index (χ2n) is 6.15. The maximum Gasteiger partial charge on any atom is 0.310 e. The minimum absolute atomic E-state index is 0.101. The molecule has 1 heterocycles. The van der Waals surface area contributed by atoms with Gasteiger partial charge >= 0.3 is 5.97 Å². The number of carbonyl (C=O) groups is 2. The van der Waals surface area contributed by atoms with Crippen LogP contribution in [0.3, 0.4) is 0 Å². The van der Waals surface area contributed by atoms with Gasteiger partial charge in [0, 0.05) is 17.4 Å². The molecule has 1 aromatic rings. The van der Waals surface area contributed by atoms with E-state index in [1.54, 1.807) is 0 Å². The molecule has 0 amide bonds. The first-order valence-corrected chi connectivity index (χ1v) is 6.96. The molecule has 0 radical (unpaired) electrons. The fourth-order valence-corrected chi connectivity index (χ4v) is 4.27. The summed E-state index contributed by atoms with van der Waals surface area (Å²) in [5.41, 5.74) is 1.88. The zero-order valence-corrected chi connectivity index (χ0v) is 10.8. The van der Waals surface area contributed by atoms with Gasteiger partial charge in [-0.1, -0.05) is 29.8 Å². The van der Waals surface area contributed by atoms with E-state index >= 15 is 0 Å². The van der Waals surface area contributed by atoms with Crippen molar-refractivity contribution in [2.45, 2.75) is 25.9 Å². The number of Topliss-reactive ketones (excluding diaryl/α,β-unsaturated/α-hetero) is 1. The highest BCUT2D eigenvalue weighted by molar-refractivity contribution is 6.01. The zero-order valence-electron chi connectivity index (χ0n) is 10.8. The Balaban J connectivity index is 1.68. The molecule has 0 N–H and O–H groups in total. The lowest BCUT2D eigenvalue weighted by Crippen LogP contribution is -2.32. The summed E-state index contributed by atoms with van der Waals surface area (Å²) in [4.78, 5) is 24.6. The minimum Gasteiger partial charge on any atom is -0.462 e. The zero-order chi connectivity index (χ0) is 13.1. The van der Waals surface area contributed by atoms with Crippen LogP contribution >= 0.6 is 0 Å². The molecular formula is C16H16O3. The molecule has 3 heteroatoms. The Morgan fingerprint density at radius 1 is 1.21 bits per heavy atom. The Hall–Kier alpha value is -1.64. The van der Waals surface area contributed by atoms with Crippen LogP contribution in [-0.4, -0.2) is 17.9 Å². The first-order valence-electron chi connectivity index (χ1n) is 6.96. The first kappa shape index (κ1) is 11.2. The van der Waals surface area contributed by atoms with Gasteiger partial charge in [0.25, 0.3) is 0 Å². The Kier molecular flexibility index (Phi) is 2.17. The topological polar surface area (TPSA) is 43.4 Å². The molecule has 4 rings (SSSR count). The van der Waals surface area contributed by atoms with Gasteiger partial charge in [-0.2, -0.15) is 0 Å². The van der Waals surface area contributed by atoms with Gasteiger partial charge in [-0.05, 0) is 25.7 Å². The Bertz CT molecular complexity index is 558. The van der Waals surface area contributed by atoms with Gasteiger partial charge in [0.05, 0.1) is 5.92 Å². The summed E-state index contributed by atoms with van der Waals surface area (Å²) in [6.45, 7) is 2.00. The average Bonchev–Trinajstić information content (AvgIpc) is 2.99. The van der Waals surface area contributed by atoms with Crippen molar-refractivity contribution in [2.24, 2.45) is 23.7 Å². The molecule has 5 atom stereocenters. The third-order valence-electron chi connectivity index (χ3n) is 5.12. The number of hydrogen-bond donors (Lipinski definition) is 0. The first-order chi connectivity index (χ1) is 9.15. The molecule has 1 aromatic carbocycles. The van der Waals surface area contributed by atoms with E-state index in [-0.39, 0.29) is 29.7 Å². The number of fused-ring (bicyclic) bond motifs is 1. The van der Waals surface area contributed by atoms with E-state index in [0.717, 1.165) is 24.0 Å². The van der Waals surface area contributed by atoms with Crippen molar-refractivity contribution in [1.29, 1.82) is 0 Å². The molecule has 0 aromatic heterocycles. The number of benzene rings is 1. The molecule has 1 saturated heterocycles. The molecule has 19 heavy (non-hydrogen) atoms. The summed E-state index contributed by atoms with van der Waals surface area (Å²) in [7, 11) is 0. The number of ketones is 1. The van der Waals surface area contributed by atoms with Crippen molar-refractivity contribution >= 4 is 11.8 Å². The van der Waals surface area contributed by atoms with E-state index in [2.05, 4.69) is 0 Å². The lowest BCUT2D eigenvalue weighted by Gasteiger charge is -2.23. The Morgan fingerprint density at radius 3 is 2.68 bits per heavy atom. The van der Waals surface area contributed by atoms with Crippen molar-refractivity contribution in [2.75, 3.05) is 0 Å². The van der Waals surface area contributed by atoms with E-state index in [4.69, 9.17) is 4.74 Å². The van der Waals surface area contributed by atoms with Crippen LogP contribution in [0.5, 0.6) is 0 Å². The number of hydrogen-bond acceptors (Lipinski definition) is 3. The molecule has 0 spiro atoms. The average molecular weight is 256 g/mol. The van der Waals surface area contributed by atoms with Crippen LogP contribution in [-0.2, 0) is 9.53 Å². The third-order valence-corrected chi connectivity index (χ3v) is 5.12. The quantitative estimate of drug-likeness (QED) is 0.602. The summed E-state index contributed by atoms with van der Waals surface area (Å²) >= 11 is 0. The number of aryl methyl sites for hydroxylation is 1. The largest absolute Gasteiger partial charge is 0.462 e. The van der Waals surface area contributed by atoms with Crippen LogP contribution in [0.1, 0.15) is 28.8 Å². The van der Waals surface area contributed by atoms with E-state index in [1.807, 2.05) is 31.2 Å². The van der Waals surface area contributed by atoms with E-state index in [0.29, 0.717) is 11.8 Å². The number of rotatable bonds is 2. The summed E-state index contributed by atoms with van der Waals surface area (Å²) in [5, 5.41) is 0. The molecule has 2 aliphatic carbocycles. The number of esters is 1. The summed E-state index contributed by atoms with van der Waals surface area (Å²) in [6.07, 6.45) is 1.97. The lowest BCUT2D eigenvalue weighted by molar-refractivity contribution is -0.143. The second kappa shape index (κ2) is 3.69. The van der Waals surface area contributed by atoms with Crippen LogP contribution in [0.4, 0.5) is 0 Å². The maximum atomic E-state index is 12.7. The molecule has 2 bridgehead atoms. The van der Waals surface area contributed by atoms with Crippen molar-refractivity contribution in [3.05, 3.63) is 35.4 Å². The fourth-order valence-electron chi connectivity index (χ4n) is 4.27. The minimum atomic E-state index is -0.169. The number of carbonyl (C=O) groups excluding carboxylic acids is 2. The van der Waals surface area contributed by atoms with Gasteiger partial charge in [0.15, 0.2) is 5.78 Å². The van der Waals surface area contributed by atoms with E-state index in [1.165, 1.54) is 0 Å². The highest BCUT2D eigenvalue weighted by Gasteiger charge is 2.63. The van der Waals surface area contributed by atoms with Crippen molar-refractivity contribution in [3.8, 4) is 0 Å². The molecule has 1 aliphatic heterocycles. The summed E-state index contributed by atoms with van der Waals surface area (Å²) in [5.74, 6) is 0.337. The number of ether oxygens (including phenoxy) is 1. The van der Waals surface area contributed by atoms with Gasteiger partial charge < -0.3 is 4.74 Å². The SMILES string of the molecule is Cc1ccc(C(=O)[C@@H]2[C@H]3C[C@H]4[C@@H]2C(=O)O[C@H]4C3)cc1. The lowest BCUT2D eigenvalue weighted by atomic mass is 9.76. The highest BCUT2D eigenvalue weighted by atomic mass is 16.6. The highest BCUT2D eigenvalue weighted by Crippen LogP contribution is 2.58. The predicted molar refractivity (Wildman–Crippen MR) is 68.6 cm³/mol. The smallest absolute Gasteiger partial charge is 0.310 e. The Morgan fingerprint density at radius 2 is 1.95 bits per heavy atom. The van der Waals surface area contributed by atoms with Crippen LogP contribution in [0.15, 0.2) is 24.3 Å². The molecule has 3 nitrogen and oxygen atoms in total. The standard InChI is InChI=1S/C16H16O3/c1-8-2-4-9(5-3-8)15(17)13-10-6-11-12(7-10)19-16(18)14(11)13/h2-5,10-14H,6-7H2,1H3/t10-,11+,12-,13+,14-/m0/s1. The predicted octanol–water partition coefficient (Wildman–Crippen LogP) is 2.38. The van der Waals surface area contributed by atoms with Crippen LogP contribution in [0.25, 0.3) is 0 Å². The van der Waals surface area contributed by atoms with Crippen LogP contribution < -0.4 is 0 Å². The van der Waals surface area contributed by atoms with Crippen LogP contribution in [0, 0.1) is 30.6 Å². The molecule has 3 fully saturated rings. The molecule has 98 valence electrons. The third kappa shape index (κ3) is 1.44. The monoisotopic (exact) mass is 256 g/mol. The van der Waals surface area contributed by atoms with E-state index < -0.39 is 0 Å². The molecular weight excluding hydrogens is 240 g/mol. The second-order valence-corrected chi connectivity index (χ2v) is 6.15. The van der Waals surface area contributed by atoms with Crippen molar-refractivity contribution < 1.29 is 14.3 Å². The maximum absolute atomic E-state index is 12.7. The van der Waals surface area contributed by atoms with Crippen molar-refractivity contribution in [3.63, 3.8) is 0 Å².